The molecule has 2 aliphatic heterocycles. The summed E-state index contributed by atoms with van der Waals surface area (Å²) >= 11 is 0. The van der Waals surface area contributed by atoms with Crippen LogP contribution in [0.3, 0.4) is 0 Å². The molecule has 0 amide bonds. The number of hydrogen-bond acceptors (Lipinski definition) is 5. The normalized spacial score (nSPS) is 19.9. The quantitative estimate of drug-likeness (QED) is 0.738. The molecular weight excluding hydrogens is 411 g/mol. The van der Waals surface area contributed by atoms with E-state index >= 15 is 0 Å². The van der Waals surface area contributed by atoms with Crippen LogP contribution in [0.2, 0.25) is 0 Å². The first-order valence-corrected chi connectivity index (χ1v) is 10.5. The molecule has 0 saturated carbocycles. The van der Waals surface area contributed by atoms with Gasteiger partial charge in [0.25, 0.3) is 0 Å². The van der Waals surface area contributed by atoms with E-state index in [1.165, 1.54) is 4.31 Å². The Morgan fingerprint density at radius 2 is 1.69 bits per heavy atom. The fourth-order valence-electron chi connectivity index (χ4n) is 3.58. The van der Waals surface area contributed by atoms with E-state index in [1.54, 1.807) is 12.1 Å². The Morgan fingerprint density at radius 1 is 1.00 bits per heavy atom. The van der Waals surface area contributed by atoms with Gasteiger partial charge in [0.2, 0.25) is 10.0 Å². The third-order valence-electron chi connectivity index (χ3n) is 4.82. The zero-order valence-corrected chi connectivity index (χ0v) is 16.0. The van der Waals surface area contributed by atoms with Gasteiger partial charge in [-0.25, -0.2) is 8.42 Å². The van der Waals surface area contributed by atoms with Crippen molar-refractivity contribution in [2.75, 3.05) is 19.8 Å². The molecule has 2 aromatic rings. The van der Waals surface area contributed by atoms with Crippen molar-refractivity contribution >= 4 is 10.0 Å². The third kappa shape index (κ3) is 4.13. The van der Waals surface area contributed by atoms with Crippen LogP contribution in [0.4, 0.5) is 13.2 Å². The van der Waals surface area contributed by atoms with Gasteiger partial charge in [0.1, 0.15) is 19.0 Å². The monoisotopic (exact) mass is 429 g/mol. The van der Waals surface area contributed by atoms with Crippen molar-refractivity contribution in [1.82, 2.24) is 4.31 Å². The topological polar surface area (TPSA) is 65.1 Å². The summed E-state index contributed by atoms with van der Waals surface area (Å²) < 4.78 is 79.4. The maximum absolute atomic E-state index is 13.1. The molecule has 1 saturated heterocycles. The number of halogens is 3. The summed E-state index contributed by atoms with van der Waals surface area (Å²) in [4.78, 5) is -0.0866. The van der Waals surface area contributed by atoms with Gasteiger partial charge in [-0.3, -0.25) is 0 Å². The van der Waals surface area contributed by atoms with E-state index in [0.717, 1.165) is 29.8 Å². The molecule has 0 bridgehead atoms. The Bertz CT molecular complexity index is 992. The number of sulfonamides is 1. The van der Waals surface area contributed by atoms with E-state index < -0.39 is 22.1 Å². The molecule has 6 nitrogen and oxygen atoms in total. The molecule has 4 rings (SSSR count). The van der Waals surface area contributed by atoms with Gasteiger partial charge >= 0.3 is 6.36 Å². The molecule has 0 aromatic heterocycles. The second-order valence-corrected chi connectivity index (χ2v) is 8.59. The molecule has 1 atom stereocenters. The lowest BCUT2D eigenvalue weighted by atomic mass is 10.0. The Labute approximate surface area is 165 Å². The van der Waals surface area contributed by atoms with Crippen molar-refractivity contribution in [3.8, 4) is 17.2 Å². The van der Waals surface area contributed by atoms with E-state index in [1.807, 2.05) is 6.07 Å². The number of fused-ring (bicyclic) bond motifs is 1. The van der Waals surface area contributed by atoms with Gasteiger partial charge in [-0.15, -0.1) is 13.2 Å². The molecule has 2 aromatic carbocycles. The Morgan fingerprint density at radius 3 is 2.38 bits per heavy atom. The molecule has 0 spiro atoms. The smallest absolute Gasteiger partial charge is 0.486 e. The van der Waals surface area contributed by atoms with Crippen LogP contribution in [0, 0.1) is 0 Å². The molecule has 2 aliphatic rings. The second-order valence-electron chi connectivity index (χ2n) is 6.70. The first kappa shape index (κ1) is 19.8. The van der Waals surface area contributed by atoms with Gasteiger partial charge < -0.3 is 14.2 Å². The molecule has 0 N–H and O–H groups in total. The zero-order chi connectivity index (χ0) is 20.6. The number of rotatable bonds is 4. The predicted octanol–water partition coefficient (Wildman–Crippen LogP) is 3.88. The molecule has 29 heavy (non-hydrogen) atoms. The number of hydrogen-bond donors (Lipinski definition) is 0. The van der Waals surface area contributed by atoms with Crippen molar-refractivity contribution in [3.05, 3.63) is 48.0 Å². The van der Waals surface area contributed by atoms with Gasteiger partial charge in [-0.2, -0.15) is 4.31 Å². The molecule has 156 valence electrons. The summed E-state index contributed by atoms with van der Waals surface area (Å²) in [6, 6.07) is 9.20. The summed E-state index contributed by atoms with van der Waals surface area (Å²) in [7, 11) is -3.89. The van der Waals surface area contributed by atoms with E-state index in [9.17, 15) is 21.6 Å². The highest BCUT2D eigenvalue weighted by molar-refractivity contribution is 7.89. The third-order valence-corrected chi connectivity index (χ3v) is 6.74. The number of ether oxygens (including phenoxy) is 3. The number of benzene rings is 2. The SMILES string of the molecule is O=S(=O)(c1ccc(OC(F)(F)F)cc1)N1CCC[C@H]1c1ccc2c(c1)OCCO2. The van der Waals surface area contributed by atoms with Crippen LogP contribution in [0.1, 0.15) is 24.4 Å². The van der Waals surface area contributed by atoms with E-state index in [2.05, 4.69) is 4.74 Å². The summed E-state index contributed by atoms with van der Waals surface area (Å²) in [6.07, 6.45) is -3.53. The van der Waals surface area contributed by atoms with Gasteiger partial charge in [-0.05, 0) is 54.8 Å². The molecule has 2 heterocycles. The minimum Gasteiger partial charge on any atom is -0.486 e. The van der Waals surface area contributed by atoms with Gasteiger partial charge in [0, 0.05) is 6.54 Å². The van der Waals surface area contributed by atoms with E-state index in [0.29, 0.717) is 44.1 Å². The van der Waals surface area contributed by atoms with Crippen LogP contribution in [-0.4, -0.2) is 38.8 Å². The molecule has 10 heteroatoms. The van der Waals surface area contributed by atoms with Crippen LogP contribution in [0.15, 0.2) is 47.4 Å². The standard InChI is InChI=1S/C19H18F3NO5S/c20-19(21,22)28-14-4-6-15(7-5-14)29(24,25)23-9-1-2-16(23)13-3-8-17-18(12-13)27-11-10-26-17/h3-8,12,16H,1-2,9-11H2/t16-/m0/s1. The summed E-state index contributed by atoms with van der Waals surface area (Å²) in [5.41, 5.74) is 0.785. The van der Waals surface area contributed by atoms with Gasteiger partial charge in [-0.1, -0.05) is 6.07 Å². The van der Waals surface area contributed by atoms with Gasteiger partial charge in [0.15, 0.2) is 11.5 Å². The van der Waals surface area contributed by atoms with Crippen molar-refractivity contribution < 1.29 is 35.8 Å². The fourth-order valence-corrected chi connectivity index (χ4v) is 5.26. The first-order chi connectivity index (χ1) is 13.7. The highest BCUT2D eigenvalue weighted by Crippen LogP contribution is 2.40. The average molecular weight is 429 g/mol. The number of alkyl halides is 3. The minimum absolute atomic E-state index is 0.0866. The lowest BCUT2D eigenvalue weighted by Gasteiger charge is -2.26. The molecule has 0 aliphatic carbocycles. The van der Waals surface area contributed by atoms with E-state index in [4.69, 9.17) is 9.47 Å². The summed E-state index contributed by atoms with van der Waals surface area (Å²) in [5.74, 6) is 0.723. The summed E-state index contributed by atoms with van der Waals surface area (Å²) in [5, 5.41) is 0. The van der Waals surface area contributed by atoms with Crippen molar-refractivity contribution in [3.63, 3.8) is 0 Å². The minimum atomic E-state index is -4.83. The lowest BCUT2D eigenvalue weighted by molar-refractivity contribution is -0.274. The highest BCUT2D eigenvalue weighted by atomic mass is 32.2. The average Bonchev–Trinajstić information content (AvgIpc) is 3.17. The maximum Gasteiger partial charge on any atom is 0.573 e. The van der Waals surface area contributed by atoms with Crippen LogP contribution >= 0.6 is 0 Å². The van der Waals surface area contributed by atoms with E-state index in [-0.39, 0.29) is 10.9 Å². The summed E-state index contributed by atoms with van der Waals surface area (Å²) in [6.45, 7) is 1.21. The maximum atomic E-state index is 13.1. The molecule has 0 unspecified atom stereocenters. The number of nitrogens with zero attached hydrogens (tertiary/aromatic N) is 1. The fraction of sp³-hybridized carbons (Fsp3) is 0.368. The van der Waals surface area contributed by atoms with Crippen LogP contribution in [0.25, 0.3) is 0 Å². The van der Waals surface area contributed by atoms with Gasteiger partial charge in [0.05, 0.1) is 10.9 Å². The Kier molecular flexibility index (Phi) is 5.07. The van der Waals surface area contributed by atoms with Crippen molar-refractivity contribution in [2.45, 2.75) is 30.1 Å². The Balaban J connectivity index is 1.59. The molecule has 0 radical (unpaired) electrons. The first-order valence-electron chi connectivity index (χ1n) is 9.01. The zero-order valence-electron chi connectivity index (χ0n) is 15.2. The van der Waals surface area contributed by atoms with Crippen LogP contribution < -0.4 is 14.2 Å². The Hall–Kier alpha value is -2.46. The predicted molar refractivity (Wildman–Crippen MR) is 96.4 cm³/mol. The van der Waals surface area contributed by atoms with Crippen LogP contribution in [0.5, 0.6) is 17.2 Å². The largest absolute Gasteiger partial charge is 0.573 e. The molecule has 1 fully saturated rings. The second kappa shape index (κ2) is 7.42. The van der Waals surface area contributed by atoms with Crippen molar-refractivity contribution in [2.24, 2.45) is 0 Å². The lowest BCUT2D eigenvalue weighted by Crippen LogP contribution is -2.30. The van der Waals surface area contributed by atoms with Crippen molar-refractivity contribution in [1.29, 1.82) is 0 Å². The molecular formula is C19H18F3NO5S. The van der Waals surface area contributed by atoms with Crippen LogP contribution in [-0.2, 0) is 10.0 Å². The highest BCUT2D eigenvalue weighted by Gasteiger charge is 2.37.